The zero-order valence-corrected chi connectivity index (χ0v) is 18.7. The standard InChI is InChI=1S/C18H30Cl2N2O2S2/c1-2-3-4-5-6-7-8-9-10-11-13-26-18-16(22(23)24)15(19)17(20)25-14-12-21-18/h21H,2-14H2,1H3/b17-15+,18-16-. The van der Waals surface area contributed by atoms with E-state index < -0.39 is 4.92 Å². The van der Waals surface area contributed by atoms with Crippen LogP contribution in [0.25, 0.3) is 0 Å². The smallest absolute Gasteiger partial charge is 0.319 e. The summed E-state index contributed by atoms with van der Waals surface area (Å²) in [6.45, 7) is 2.88. The third-order valence-corrected chi connectivity index (χ3v) is 7.22. The van der Waals surface area contributed by atoms with Gasteiger partial charge in [0.15, 0.2) is 0 Å². The first-order valence-corrected chi connectivity index (χ1v) is 12.2. The van der Waals surface area contributed by atoms with Gasteiger partial charge >= 0.3 is 5.70 Å². The predicted molar refractivity (Wildman–Crippen MR) is 118 cm³/mol. The summed E-state index contributed by atoms with van der Waals surface area (Å²) < 4.78 is 0.303. The topological polar surface area (TPSA) is 55.2 Å². The fourth-order valence-corrected chi connectivity index (χ4v) is 5.07. The molecule has 0 bridgehead atoms. The van der Waals surface area contributed by atoms with Gasteiger partial charge < -0.3 is 5.32 Å². The van der Waals surface area contributed by atoms with Gasteiger partial charge in [0.25, 0.3) is 0 Å². The number of halogens is 2. The minimum Gasteiger partial charge on any atom is -0.373 e. The summed E-state index contributed by atoms with van der Waals surface area (Å²) in [5, 5.41) is 15.1. The molecule has 0 atom stereocenters. The van der Waals surface area contributed by atoms with Crippen molar-refractivity contribution in [3.63, 3.8) is 0 Å². The van der Waals surface area contributed by atoms with Crippen LogP contribution in [0.5, 0.6) is 0 Å². The molecule has 0 aliphatic carbocycles. The predicted octanol–water partition coefficient (Wildman–Crippen LogP) is 7.07. The lowest BCUT2D eigenvalue weighted by Gasteiger charge is -2.14. The van der Waals surface area contributed by atoms with Crippen molar-refractivity contribution < 1.29 is 4.92 Å². The first-order valence-electron chi connectivity index (χ1n) is 9.51. The van der Waals surface area contributed by atoms with Crippen molar-refractivity contribution in [3.8, 4) is 0 Å². The normalized spacial score (nSPS) is 21.2. The lowest BCUT2D eigenvalue weighted by Crippen LogP contribution is -2.21. The molecule has 0 saturated carbocycles. The van der Waals surface area contributed by atoms with Crippen molar-refractivity contribution in [2.45, 2.75) is 71.1 Å². The molecule has 0 aromatic rings. The van der Waals surface area contributed by atoms with Crippen molar-refractivity contribution in [3.05, 3.63) is 30.2 Å². The van der Waals surface area contributed by atoms with Crippen LogP contribution in [0.2, 0.25) is 0 Å². The third-order valence-electron chi connectivity index (χ3n) is 4.14. The van der Waals surface area contributed by atoms with E-state index in [1.807, 2.05) is 0 Å². The number of unbranched alkanes of at least 4 members (excludes halogenated alkanes) is 9. The molecular weight excluding hydrogens is 411 g/mol. The van der Waals surface area contributed by atoms with Crippen LogP contribution in [-0.4, -0.2) is 23.0 Å². The number of thioether (sulfide) groups is 2. The molecule has 0 radical (unpaired) electrons. The Kier molecular flexibility index (Phi) is 13.8. The second kappa shape index (κ2) is 14.9. The van der Waals surface area contributed by atoms with Gasteiger partial charge in [0.05, 0.1) is 9.29 Å². The third kappa shape index (κ3) is 9.77. The van der Waals surface area contributed by atoms with Gasteiger partial charge in [-0.25, -0.2) is 0 Å². The molecule has 0 aromatic carbocycles. The maximum atomic E-state index is 11.4. The summed E-state index contributed by atoms with van der Waals surface area (Å²) in [6.07, 6.45) is 12.8. The van der Waals surface area contributed by atoms with Crippen LogP contribution in [0, 0.1) is 10.1 Å². The van der Waals surface area contributed by atoms with E-state index in [4.69, 9.17) is 23.2 Å². The quantitative estimate of drug-likeness (QED) is 0.188. The second-order valence-electron chi connectivity index (χ2n) is 6.33. The van der Waals surface area contributed by atoms with Gasteiger partial charge in [-0.15, -0.1) is 23.5 Å². The molecule has 0 fully saturated rings. The average molecular weight is 441 g/mol. The molecule has 1 aliphatic rings. The molecule has 0 amide bonds. The van der Waals surface area contributed by atoms with Gasteiger partial charge in [0.2, 0.25) is 0 Å². The van der Waals surface area contributed by atoms with Crippen molar-refractivity contribution in [1.29, 1.82) is 0 Å². The summed E-state index contributed by atoms with van der Waals surface area (Å²) in [5.74, 6) is 1.59. The summed E-state index contributed by atoms with van der Waals surface area (Å²) in [4.78, 5) is 11.0. The fraction of sp³-hybridized carbons (Fsp3) is 0.778. The number of nitro groups is 1. The maximum Gasteiger partial charge on any atom is 0.319 e. The van der Waals surface area contributed by atoms with Crippen molar-refractivity contribution in [1.82, 2.24) is 5.32 Å². The largest absolute Gasteiger partial charge is 0.373 e. The van der Waals surface area contributed by atoms with Crippen LogP contribution < -0.4 is 5.32 Å². The Morgan fingerprint density at radius 3 is 2.23 bits per heavy atom. The molecule has 1 rings (SSSR count). The van der Waals surface area contributed by atoms with E-state index in [2.05, 4.69) is 12.2 Å². The molecule has 0 aromatic heterocycles. The lowest BCUT2D eigenvalue weighted by molar-refractivity contribution is -0.420. The lowest BCUT2D eigenvalue weighted by atomic mass is 10.1. The van der Waals surface area contributed by atoms with Crippen LogP contribution in [-0.2, 0) is 0 Å². The number of allylic oxidation sites excluding steroid dienone is 1. The van der Waals surface area contributed by atoms with Gasteiger partial charge in [-0.3, -0.25) is 10.1 Å². The zero-order valence-electron chi connectivity index (χ0n) is 15.5. The van der Waals surface area contributed by atoms with Crippen molar-refractivity contribution >= 4 is 46.7 Å². The number of nitrogens with zero attached hydrogens (tertiary/aromatic N) is 1. The molecule has 4 nitrogen and oxygen atoms in total. The molecule has 1 heterocycles. The van der Waals surface area contributed by atoms with Gasteiger partial charge in [0, 0.05) is 12.3 Å². The minimum absolute atomic E-state index is 0.0411. The Balaban J connectivity index is 2.30. The Bertz CT molecular complexity index is 500. The number of nitrogens with one attached hydrogen (secondary N) is 1. The monoisotopic (exact) mass is 440 g/mol. The molecule has 0 unspecified atom stereocenters. The molecule has 150 valence electrons. The van der Waals surface area contributed by atoms with Crippen molar-refractivity contribution in [2.24, 2.45) is 0 Å². The molecule has 1 N–H and O–H groups in total. The highest BCUT2D eigenvalue weighted by atomic mass is 35.5. The van der Waals surface area contributed by atoms with E-state index >= 15 is 0 Å². The number of rotatable bonds is 13. The highest BCUT2D eigenvalue weighted by molar-refractivity contribution is 8.04. The molecule has 1 aliphatic heterocycles. The Morgan fingerprint density at radius 2 is 1.65 bits per heavy atom. The molecule has 8 heteroatoms. The summed E-state index contributed by atoms with van der Waals surface area (Å²) in [7, 11) is 0. The van der Waals surface area contributed by atoms with E-state index in [0.717, 1.165) is 17.9 Å². The minimum atomic E-state index is -0.440. The molecular formula is C18H30Cl2N2O2S2. The van der Waals surface area contributed by atoms with Crippen LogP contribution in [0.3, 0.4) is 0 Å². The van der Waals surface area contributed by atoms with E-state index in [9.17, 15) is 10.1 Å². The van der Waals surface area contributed by atoms with Crippen LogP contribution in [0.4, 0.5) is 0 Å². The van der Waals surface area contributed by atoms with E-state index in [1.165, 1.54) is 81.3 Å². The van der Waals surface area contributed by atoms with E-state index in [1.54, 1.807) is 0 Å². The van der Waals surface area contributed by atoms with Gasteiger partial charge in [-0.1, -0.05) is 87.9 Å². The highest BCUT2D eigenvalue weighted by Crippen LogP contribution is 2.36. The summed E-state index contributed by atoms with van der Waals surface area (Å²) in [6, 6.07) is 0. The summed E-state index contributed by atoms with van der Waals surface area (Å²) in [5.41, 5.74) is -0.0963. The first kappa shape index (κ1) is 24.0. The van der Waals surface area contributed by atoms with E-state index in [0.29, 0.717) is 15.9 Å². The zero-order chi connectivity index (χ0) is 19.2. The van der Waals surface area contributed by atoms with Gasteiger partial charge in [0.1, 0.15) is 10.1 Å². The Hall–Kier alpha value is -0.0400. The van der Waals surface area contributed by atoms with Crippen molar-refractivity contribution in [2.75, 3.05) is 18.1 Å². The fourth-order valence-electron chi connectivity index (χ4n) is 2.69. The van der Waals surface area contributed by atoms with Crippen LogP contribution >= 0.6 is 46.7 Å². The molecule has 0 spiro atoms. The molecule has 26 heavy (non-hydrogen) atoms. The SMILES string of the molecule is CCCCCCCCCCCCS/C1=C([N+](=O)[O-])/C(Cl)=C(/Cl)SCCN1. The molecule has 0 saturated heterocycles. The van der Waals surface area contributed by atoms with Crippen LogP contribution in [0.1, 0.15) is 71.1 Å². The summed E-state index contributed by atoms with van der Waals surface area (Å²) >= 11 is 15.0. The highest BCUT2D eigenvalue weighted by Gasteiger charge is 2.27. The Morgan fingerprint density at radius 1 is 1.08 bits per heavy atom. The maximum absolute atomic E-state index is 11.4. The van der Waals surface area contributed by atoms with E-state index in [-0.39, 0.29) is 10.7 Å². The average Bonchev–Trinajstić information content (AvgIpc) is 2.61. The Labute approximate surface area is 176 Å². The number of hydrogen-bond donors (Lipinski definition) is 1. The van der Waals surface area contributed by atoms with Crippen LogP contribution in [0.15, 0.2) is 20.1 Å². The first-order chi connectivity index (χ1) is 12.6. The van der Waals surface area contributed by atoms with Gasteiger partial charge in [-0.2, -0.15) is 0 Å². The number of hydrogen-bond acceptors (Lipinski definition) is 5. The second-order valence-corrected chi connectivity index (χ2v) is 9.52. The van der Waals surface area contributed by atoms with Gasteiger partial charge in [-0.05, 0) is 12.2 Å².